The van der Waals surface area contributed by atoms with Crippen molar-refractivity contribution in [2.24, 2.45) is 5.73 Å². The first kappa shape index (κ1) is 13.2. The highest BCUT2D eigenvalue weighted by Gasteiger charge is 2.04. The second-order valence-corrected chi connectivity index (χ2v) is 4.11. The average molecular weight is 219 g/mol. The van der Waals surface area contributed by atoms with Crippen LogP contribution in [-0.2, 0) is 6.42 Å². The lowest BCUT2D eigenvalue weighted by atomic mass is 10.0. The summed E-state index contributed by atoms with van der Waals surface area (Å²) in [5, 5.41) is 3.42. The zero-order chi connectivity index (χ0) is 11.6. The van der Waals surface area contributed by atoms with Crippen molar-refractivity contribution in [3.63, 3.8) is 0 Å². The van der Waals surface area contributed by atoms with Crippen LogP contribution in [0.15, 0.2) is 30.3 Å². The third-order valence-corrected chi connectivity index (χ3v) is 2.79. The number of hydrogen-bond acceptors (Lipinski definition) is 2. The van der Waals surface area contributed by atoms with Gasteiger partial charge in [0.25, 0.3) is 0 Å². The summed E-state index contributed by atoms with van der Waals surface area (Å²) in [5.41, 5.74) is 6.89. The standard InChI is InChI=1S/C14H23N2/c1-2-14(16-12-11-15)10-6-9-13-7-4-3-5-8-13/h3-5,7-8,14,16H,1-2,6,9-12,15H2. The van der Waals surface area contributed by atoms with Gasteiger partial charge in [-0.05, 0) is 31.2 Å². The minimum Gasteiger partial charge on any atom is -0.329 e. The second-order valence-electron chi connectivity index (χ2n) is 4.11. The van der Waals surface area contributed by atoms with Crippen LogP contribution in [0.3, 0.4) is 0 Å². The monoisotopic (exact) mass is 219 g/mol. The summed E-state index contributed by atoms with van der Waals surface area (Å²) in [6, 6.07) is 11.2. The fraction of sp³-hybridized carbons (Fsp3) is 0.500. The molecule has 0 aromatic heterocycles. The fourth-order valence-electron chi connectivity index (χ4n) is 1.83. The zero-order valence-corrected chi connectivity index (χ0v) is 9.99. The van der Waals surface area contributed by atoms with Crippen molar-refractivity contribution in [3.8, 4) is 0 Å². The van der Waals surface area contributed by atoms with Gasteiger partial charge in [0.05, 0.1) is 0 Å². The van der Waals surface area contributed by atoms with E-state index in [0.717, 1.165) is 19.4 Å². The molecule has 0 aliphatic heterocycles. The third-order valence-electron chi connectivity index (χ3n) is 2.79. The number of aryl methyl sites for hydroxylation is 1. The molecule has 0 saturated carbocycles. The number of benzene rings is 1. The topological polar surface area (TPSA) is 38.0 Å². The van der Waals surface area contributed by atoms with Gasteiger partial charge in [-0.2, -0.15) is 0 Å². The first-order valence-electron chi connectivity index (χ1n) is 6.13. The highest BCUT2D eigenvalue weighted by Crippen LogP contribution is 2.07. The van der Waals surface area contributed by atoms with Gasteiger partial charge < -0.3 is 11.1 Å². The molecule has 3 N–H and O–H groups in total. The molecule has 0 aliphatic rings. The summed E-state index contributed by atoms with van der Waals surface area (Å²) in [7, 11) is 0. The molecule has 1 aromatic rings. The van der Waals surface area contributed by atoms with E-state index in [1.807, 2.05) is 0 Å². The quantitative estimate of drug-likeness (QED) is 0.703. The normalized spacial score (nSPS) is 12.6. The summed E-state index contributed by atoms with van der Waals surface area (Å²) < 4.78 is 0. The van der Waals surface area contributed by atoms with Gasteiger partial charge in [-0.15, -0.1) is 0 Å². The van der Waals surface area contributed by atoms with Gasteiger partial charge in [-0.25, -0.2) is 0 Å². The van der Waals surface area contributed by atoms with Crippen LogP contribution in [0.4, 0.5) is 0 Å². The predicted octanol–water partition coefficient (Wildman–Crippen LogP) is 2.15. The van der Waals surface area contributed by atoms with Gasteiger partial charge in [0, 0.05) is 19.1 Å². The first-order valence-corrected chi connectivity index (χ1v) is 6.13. The number of nitrogens with one attached hydrogen (secondary N) is 1. The summed E-state index contributed by atoms with van der Waals surface area (Å²) >= 11 is 0. The van der Waals surface area contributed by atoms with Crippen LogP contribution in [0.25, 0.3) is 0 Å². The minimum atomic E-state index is 0.521. The average Bonchev–Trinajstić information content (AvgIpc) is 2.35. The minimum absolute atomic E-state index is 0.521. The highest BCUT2D eigenvalue weighted by atomic mass is 14.9. The SMILES string of the molecule is [CH2]CC(CCCc1ccccc1)NCCN. The Bertz CT molecular complexity index is 259. The van der Waals surface area contributed by atoms with Gasteiger partial charge in [0.15, 0.2) is 0 Å². The van der Waals surface area contributed by atoms with E-state index in [0.29, 0.717) is 12.6 Å². The molecule has 0 aliphatic carbocycles. The maximum absolute atomic E-state index is 5.47. The Hall–Kier alpha value is -0.860. The van der Waals surface area contributed by atoms with Crippen LogP contribution in [0.1, 0.15) is 24.8 Å². The largest absolute Gasteiger partial charge is 0.329 e. The van der Waals surface area contributed by atoms with Crippen LogP contribution in [-0.4, -0.2) is 19.1 Å². The number of hydrogen-bond donors (Lipinski definition) is 2. The highest BCUT2D eigenvalue weighted by molar-refractivity contribution is 5.14. The zero-order valence-electron chi connectivity index (χ0n) is 9.99. The Balaban J connectivity index is 2.18. The van der Waals surface area contributed by atoms with E-state index in [2.05, 4.69) is 42.6 Å². The van der Waals surface area contributed by atoms with Gasteiger partial charge in [-0.1, -0.05) is 37.3 Å². The van der Waals surface area contributed by atoms with Crippen molar-refractivity contribution in [2.75, 3.05) is 13.1 Å². The molecule has 0 amide bonds. The van der Waals surface area contributed by atoms with E-state index in [1.54, 1.807) is 0 Å². The number of rotatable bonds is 8. The van der Waals surface area contributed by atoms with Crippen LogP contribution in [0.2, 0.25) is 0 Å². The maximum Gasteiger partial charge on any atom is 0.00770 e. The van der Waals surface area contributed by atoms with E-state index in [-0.39, 0.29) is 0 Å². The first-order chi connectivity index (χ1) is 7.86. The molecular formula is C14H23N2. The van der Waals surface area contributed by atoms with Crippen molar-refractivity contribution in [3.05, 3.63) is 42.8 Å². The van der Waals surface area contributed by atoms with E-state index >= 15 is 0 Å². The lowest BCUT2D eigenvalue weighted by Crippen LogP contribution is -2.32. The molecule has 1 aromatic carbocycles. The van der Waals surface area contributed by atoms with Gasteiger partial charge >= 0.3 is 0 Å². The molecule has 1 radical (unpaired) electrons. The van der Waals surface area contributed by atoms with Crippen LogP contribution >= 0.6 is 0 Å². The van der Waals surface area contributed by atoms with E-state index in [4.69, 9.17) is 5.73 Å². The predicted molar refractivity (Wildman–Crippen MR) is 70.2 cm³/mol. The van der Waals surface area contributed by atoms with Crippen molar-refractivity contribution in [1.82, 2.24) is 5.32 Å². The molecule has 0 bridgehead atoms. The lowest BCUT2D eigenvalue weighted by molar-refractivity contribution is 0.475. The van der Waals surface area contributed by atoms with Crippen LogP contribution in [0.5, 0.6) is 0 Å². The maximum atomic E-state index is 5.47. The Morgan fingerprint density at radius 3 is 2.62 bits per heavy atom. The Morgan fingerprint density at radius 2 is 2.00 bits per heavy atom. The molecule has 0 heterocycles. The molecule has 0 saturated heterocycles. The van der Waals surface area contributed by atoms with Gasteiger partial charge in [0.1, 0.15) is 0 Å². The number of nitrogens with two attached hydrogens (primary N) is 1. The fourth-order valence-corrected chi connectivity index (χ4v) is 1.83. The summed E-state index contributed by atoms with van der Waals surface area (Å²) in [4.78, 5) is 0. The van der Waals surface area contributed by atoms with Crippen LogP contribution < -0.4 is 11.1 Å². The molecule has 0 fully saturated rings. The van der Waals surface area contributed by atoms with Crippen molar-refractivity contribution in [1.29, 1.82) is 0 Å². The second kappa shape index (κ2) is 8.31. The van der Waals surface area contributed by atoms with Crippen molar-refractivity contribution >= 4 is 0 Å². The smallest absolute Gasteiger partial charge is 0.00770 e. The molecular weight excluding hydrogens is 196 g/mol. The van der Waals surface area contributed by atoms with E-state index < -0.39 is 0 Å². The van der Waals surface area contributed by atoms with Crippen molar-refractivity contribution < 1.29 is 0 Å². The molecule has 1 rings (SSSR count). The Kier molecular flexibility index (Phi) is 6.86. The molecule has 2 heteroatoms. The Labute approximate surface area is 99.2 Å². The molecule has 16 heavy (non-hydrogen) atoms. The summed E-state index contributed by atoms with van der Waals surface area (Å²) in [6.45, 7) is 5.56. The van der Waals surface area contributed by atoms with E-state index in [1.165, 1.54) is 18.4 Å². The van der Waals surface area contributed by atoms with E-state index in [9.17, 15) is 0 Å². The third kappa shape index (κ3) is 5.29. The lowest BCUT2D eigenvalue weighted by Gasteiger charge is -2.16. The van der Waals surface area contributed by atoms with Gasteiger partial charge in [0.2, 0.25) is 0 Å². The molecule has 2 nitrogen and oxygen atoms in total. The summed E-state index contributed by atoms with van der Waals surface area (Å²) in [6.07, 6.45) is 4.48. The molecule has 89 valence electrons. The van der Waals surface area contributed by atoms with Crippen LogP contribution in [0, 0.1) is 6.92 Å². The van der Waals surface area contributed by atoms with Crippen molar-refractivity contribution in [2.45, 2.75) is 31.7 Å². The van der Waals surface area contributed by atoms with Gasteiger partial charge in [-0.3, -0.25) is 0 Å². The molecule has 0 spiro atoms. The molecule has 1 atom stereocenters. The Morgan fingerprint density at radius 1 is 1.25 bits per heavy atom. The summed E-state index contributed by atoms with van der Waals surface area (Å²) in [5.74, 6) is 0. The molecule has 1 unspecified atom stereocenters.